The summed E-state index contributed by atoms with van der Waals surface area (Å²) in [5.41, 5.74) is 2.22. The average Bonchev–Trinajstić information content (AvgIpc) is 2.75. The quantitative estimate of drug-likeness (QED) is 0.760. The summed E-state index contributed by atoms with van der Waals surface area (Å²) in [5, 5.41) is 2.90. The minimum atomic E-state index is -0.317. The molecule has 2 aromatic carbocycles. The lowest BCUT2D eigenvalue weighted by Gasteiger charge is -2.30. The fraction of sp³-hybridized carbons (Fsp3) is 0.381. The third-order valence-corrected chi connectivity index (χ3v) is 4.97. The minimum absolute atomic E-state index is 0.120. The Balaban J connectivity index is 2.27. The summed E-state index contributed by atoms with van der Waals surface area (Å²) >= 11 is 0. The van der Waals surface area contributed by atoms with Crippen molar-refractivity contribution in [1.29, 1.82) is 0 Å². The van der Waals surface area contributed by atoms with Crippen molar-refractivity contribution in [2.24, 2.45) is 0 Å². The molecule has 1 aliphatic rings. The summed E-state index contributed by atoms with van der Waals surface area (Å²) in [6.45, 7) is 0. The first-order valence-electron chi connectivity index (χ1n) is 8.95. The average molecular weight is 403 g/mol. The number of rotatable bonds is 7. The molecular formula is C21H25NO7. The van der Waals surface area contributed by atoms with Crippen molar-refractivity contribution in [3.8, 4) is 34.5 Å². The van der Waals surface area contributed by atoms with E-state index in [1.54, 1.807) is 41.6 Å². The van der Waals surface area contributed by atoms with Crippen LogP contribution in [0.4, 0.5) is 5.69 Å². The number of benzene rings is 2. The van der Waals surface area contributed by atoms with Gasteiger partial charge in [-0.3, -0.25) is 4.79 Å². The van der Waals surface area contributed by atoms with Crippen LogP contribution >= 0.6 is 0 Å². The van der Waals surface area contributed by atoms with Crippen LogP contribution in [0.15, 0.2) is 18.2 Å². The van der Waals surface area contributed by atoms with E-state index in [4.69, 9.17) is 28.4 Å². The molecule has 8 nitrogen and oxygen atoms in total. The predicted molar refractivity (Wildman–Crippen MR) is 107 cm³/mol. The molecule has 0 bridgehead atoms. The zero-order chi connectivity index (χ0) is 21.1. The van der Waals surface area contributed by atoms with E-state index < -0.39 is 0 Å². The van der Waals surface area contributed by atoms with Crippen LogP contribution in [-0.4, -0.2) is 48.6 Å². The number of carbonyl (C=O) groups is 1. The van der Waals surface area contributed by atoms with Gasteiger partial charge in [-0.25, -0.2) is 0 Å². The standard InChI is InChI=1S/C21H25NO7/c1-24-14-7-11(8-15(25-2)19(14)27-4)12-9-17(23)22-13-10-16(26-3)20(28-5)21(29-6)18(12)13/h7-8,10,12H,9H2,1-6H3,(H,22,23). The van der Waals surface area contributed by atoms with Gasteiger partial charge in [0.1, 0.15) is 0 Å². The number of ether oxygens (including phenoxy) is 6. The molecule has 0 radical (unpaired) electrons. The summed E-state index contributed by atoms with van der Waals surface area (Å²) < 4.78 is 33.0. The summed E-state index contributed by atoms with van der Waals surface area (Å²) in [5.74, 6) is 2.49. The fourth-order valence-corrected chi connectivity index (χ4v) is 3.70. The van der Waals surface area contributed by atoms with E-state index in [0.29, 0.717) is 40.2 Å². The molecule has 0 aromatic heterocycles. The van der Waals surface area contributed by atoms with Gasteiger partial charge in [0.05, 0.1) is 48.3 Å². The van der Waals surface area contributed by atoms with E-state index in [9.17, 15) is 4.79 Å². The first-order chi connectivity index (χ1) is 14.0. The Morgan fingerprint density at radius 1 is 0.724 bits per heavy atom. The largest absolute Gasteiger partial charge is 0.493 e. The van der Waals surface area contributed by atoms with Gasteiger partial charge in [-0.1, -0.05) is 0 Å². The van der Waals surface area contributed by atoms with Gasteiger partial charge in [0, 0.05) is 24.0 Å². The van der Waals surface area contributed by atoms with Crippen LogP contribution in [-0.2, 0) is 4.79 Å². The fourth-order valence-electron chi connectivity index (χ4n) is 3.70. The molecule has 0 saturated carbocycles. The smallest absolute Gasteiger partial charge is 0.225 e. The van der Waals surface area contributed by atoms with E-state index in [0.717, 1.165) is 11.1 Å². The molecule has 1 aliphatic heterocycles. The number of nitrogens with one attached hydrogen (secondary N) is 1. The van der Waals surface area contributed by atoms with Gasteiger partial charge in [-0.05, 0) is 17.7 Å². The van der Waals surface area contributed by atoms with Gasteiger partial charge in [0.15, 0.2) is 23.0 Å². The molecule has 0 saturated heterocycles. The topological polar surface area (TPSA) is 84.5 Å². The Hall–Kier alpha value is -3.29. The Labute approximate surface area is 169 Å². The zero-order valence-electron chi connectivity index (χ0n) is 17.4. The minimum Gasteiger partial charge on any atom is -0.493 e. The van der Waals surface area contributed by atoms with Gasteiger partial charge in [-0.15, -0.1) is 0 Å². The normalized spacial score (nSPS) is 15.1. The molecule has 1 N–H and O–H groups in total. The van der Waals surface area contributed by atoms with E-state index in [1.165, 1.54) is 7.11 Å². The molecule has 29 heavy (non-hydrogen) atoms. The molecular weight excluding hydrogens is 378 g/mol. The Kier molecular flexibility index (Phi) is 5.91. The molecule has 1 heterocycles. The second-order valence-electron chi connectivity index (χ2n) is 6.37. The van der Waals surface area contributed by atoms with Crippen LogP contribution in [0.5, 0.6) is 34.5 Å². The van der Waals surface area contributed by atoms with Gasteiger partial charge in [0.2, 0.25) is 17.4 Å². The first kappa shape index (κ1) is 20.4. The van der Waals surface area contributed by atoms with Crippen LogP contribution in [0, 0.1) is 0 Å². The molecule has 0 aliphatic carbocycles. The third-order valence-electron chi connectivity index (χ3n) is 4.97. The Morgan fingerprint density at radius 2 is 1.24 bits per heavy atom. The number of methoxy groups -OCH3 is 6. The summed E-state index contributed by atoms with van der Waals surface area (Å²) in [6.07, 6.45) is 0.220. The van der Waals surface area contributed by atoms with Crippen LogP contribution in [0.1, 0.15) is 23.5 Å². The Bertz CT molecular complexity index is 901. The maximum atomic E-state index is 12.5. The van der Waals surface area contributed by atoms with Gasteiger partial charge in [0.25, 0.3) is 0 Å². The van der Waals surface area contributed by atoms with Gasteiger partial charge in [-0.2, -0.15) is 0 Å². The Morgan fingerprint density at radius 3 is 1.72 bits per heavy atom. The maximum absolute atomic E-state index is 12.5. The van der Waals surface area contributed by atoms with Crippen molar-refractivity contribution in [1.82, 2.24) is 0 Å². The molecule has 1 amide bonds. The lowest BCUT2D eigenvalue weighted by Crippen LogP contribution is -2.24. The third kappa shape index (κ3) is 3.46. The van der Waals surface area contributed by atoms with Crippen LogP contribution < -0.4 is 33.7 Å². The highest BCUT2D eigenvalue weighted by Crippen LogP contribution is 2.52. The summed E-state index contributed by atoms with van der Waals surface area (Å²) in [6, 6.07) is 5.41. The van der Waals surface area contributed by atoms with Gasteiger partial charge >= 0.3 is 0 Å². The molecule has 1 unspecified atom stereocenters. The highest BCUT2D eigenvalue weighted by molar-refractivity contribution is 5.97. The molecule has 1 atom stereocenters. The molecule has 156 valence electrons. The highest BCUT2D eigenvalue weighted by atomic mass is 16.5. The second kappa shape index (κ2) is 8.38. The maximum Gasteiger partial charge on any atom is 0.225 e. The van der Waals surface area contributed by atoms with Crippen LogP contribution in [0.2, 0.25) is 0 Å². The van der Waals surface area contributed by atoms with E-state index in [1.807, 2.05) is 12.1 Å². The molecule has 2 aromatic rings. The van der Waals surface area contributed by atoms with Crippen molar-refractivity contribution in [3.05, 3.63) is 29.3 Å². The number of amides is 1. The zero-order valence-corrected chi connectivity index (χ0v) is 17.4. The van der Waals surface area contributed by atoms with E-state index in [2.05, 4.69) is 5.32 Å². The monoisotopic (exact) mass is 403 g/mol. The molecule has 0 fully saturated rings. The first-order valence-corrected chi connectivity index (χ1v) is 8.95. The number of hydrogen-bond acceptors (Lipinski definition) is 7. The van der Waals surface area contributed by atoms with Crippen molar-refractivity contribution >= 4 is 11.6 Å². The second-order valence-corrected chi connectivity index (χ2v) is 6.37. The van der Waals surface area contributed by atoms with Crippen molar-refractivity contribution in [2.45, 2.75) is 12.3 Å². The summed E-state index contributed by atoms with van der Waals surface area (Å²) in [4.78, 5) is 12.5. The predicted octanol–water partition coefficient (Wildman–Crippen LogP) is 3.21. The van der Waals surface area contributed by atoms with Crippen LogP contribution in [0.25, 0.3) is 0 Å². The highest BCUT2D eigenvalue weighted by Gasteiger charge is 2.34. The van der Waals surface area contributed by atoms with E-state index in [-0.39, 0.29) is 18.2 Å². The van der Waals surface area contributed by atoms with E-state index >= 15 is 0 Å². The number of fused-ring (bicyclic) bond motifs is 1. The summed E-state index contributed by atoms with van der Waals surface area (Å²) in [7, 11) is 9.28. The lowest BCUT2D eigenvalue weighted by atomic mass is 9.83. The molecule has 3 rings (SSSR count). The van der Waals surface area contributed by atoms with Crippen molar-refractivity contribution < 1.29 is 33.2 Å². The number of carbonyl (C=O) groups excluding carboxylic acids is 1. The van der Waals surface area contributed by atoms with Crippen molar-refractivity contribution in [3.63, 3.8) is 0 Å². The molecule has 0 spiro atoms. The molecule has 8 heteroatoms. The number of anilines is 1. The van der Waals surface area contributed by atoms with Crippen molar-refractivity contribution in [2.75, 3.05) is 48.0 Å². The number of hydrogen-bond donors (Lipinski definition) is 1. The SMILES string of the molecule is COc1cc(C2CC(=O)Nc3cc(OC)c(OC)c(OC)c32)cc(OC)c1OC. The van der Waals surface area contributed by atoms with Gasteiger partial charge < -0.3 is 33.7 Å². The van der Waals surface area contributed by atoms with Crippen LogP contribution in [0.3, 0.4) is 0 Å². The lowest BCUT2D eigenvalue weighted by molar-refractivity contribution is -0.116.